The summed E-state index contributed by atoms with van der Waals surface area (Å²) in [5.41, 5.74) is 1.45. The Morgan fingerprint density at radius 2 is 2.35 bits per heavy atom. The zero-order chi connectivity index (χ0) is 14.3. The molecule has 3 rings (SSSR count). The highest BCUT2D eigenvalue weighted by atomic mass is 127. The average molecular weight is 408 g/mol. The van der Waals surface area contributed by atoms with E-state index in [1.807, 2.05) is 27.2 Å². The van der Waals surface area contributed by atoms with E-state index < -0.39 is 0 Å². The third kappa shape index (κ3) is 2.50. The standard InChI is InChI=1S/C13H12ClFIN3O/c14-5-12-18-10-4-9(16)8(15)3-11(10)19(12)6-7-1-2-13(20)17-7/h3-4,7H,1-2,5-6H2,(H,17,20). The van der Waals surface area contributed by atoms with Gasteiger partial charge in [-0.1, -0.05) is 0 Å². The molecule has 1 aliphatic rings. The first-order valence-corrected chi connectivity index (χ1v) is 7.89. The molecule has 0 bridgehead atoms. The fraction of sp³-hybridized carbons (Fsp3) is 0.385. The van der Waals surface area contributed by atoms with Gasteiger partial charge in [-0.05, 0) is 35.1 Å². The smallest absolute Gasteiger partial charge is 0.220 e. The van der Waals surface area contributed by atoms with Gasteiger partial charge in [-0.15, -0.1) is 11.6 Å². The second kappa shape index (κ2) is 5.48. The number of carbonyl (C=O) groups excluding carboxylic acids is 1. The van der Waals surface area contributed by atoms with E-state index in [1.165, 1.54) is 6.07 Å². The summed E-state index contributed by atoms with van der Waals surface area (Å²) >= 11 is 7.88. The van der Waals surface area contributed by atoms with Crippen LogP contribution in [0.4, 0.5) is 4.39 Å². The number of alkyl halides is 1. The highest BCUT2D eigenvalue weighted by molar-refractivity contribution is 14.1. The van der Waals surface area contributed by atoms with Crippen LogP contribution >= 0.6 is 34.2 Å². The zero-order valence-corrected chi connectivity index (χ0v) is 13.4. The second-order valence-electron chi connectivity index (χ2n) is 4.83. The number of rotatable bonds is 3. The van der Waals surface area contributed by atoms with Gasteiger partial charge in [0.2, 0.25) is 5.91 Å². The molecule has 0 saturated carbocycles. The normalized spacial score (nSPS) is 18.8. The van der Waals surface area contributed by atoms with Gasteiger partial charge in [0.1, 0.15) is 11.6 Å². The van der Waals surface area contributed by atoms with Crippen LogP contribution in [0.5, 0.6) is 0 Å². The lowest BCUT2D eigenvalue weighted by Crippen LogP contribution is -2.30. The van der Waals surface area contributed by atoms with Crippen molar-refractivity contribution in [3.63, 3.8) is 0 Å². The van der Waals surface area contributed by atoms with Gasteiger partial charge in [-0.2, -0.15) is 0 Å². The molecule has 1 amide bonds. The van der Waals surface area contributed by atoms with Crippen LogP contribution in [0.3, 0.4) is 0 Å². The number of hydrogen-bond donors (Lipinski definition) is 1. The number of carbonyl (C=O) groups is 1. The third-order valence-electron chi connectivity index (χ3n) is 3.48. The van der Waals surface area contributed by atoms with Crippen LogP contribution in [0.1, 0.15) is 18.7 Å². The monoisotopic (exact) mass is 407 g/mol. The van der Waals surface area contributed by atoms with E-state index in [1.54, 1.807) is 6.07 Å². The van der Waals surface area contributed by atoms with Crippen LogP contribution in [0.25, 0.3) is 11.0 Å². The van der Waals surface area contributed by atoms with Crippen LogP contribution < -0.4 is 5.32 Å². The summed E-state index contributed by atoms with van der Waals surface area (Å²) in [6.07, 6.45) is 1.33. The van der Waals surface area contributed by atoms with Crippen LogP contribution in [0, 0.1) is 9.39 Å². The maximum absolute atomic E-state index is 13.8. The summed E-state index contributed by atoms with van der Waals surface area (Å²) < 4.78 is 16.2. The molecule has 7 heteroatoms. The summed E-state index contributed by atoms with van der Waals surface area (Å²) in [5, 5.41) is 2.91. The Bertz CT molecular complexity index is 688. The summed E-state index contributed by atoms with van der Waals surface area (Å²) in [7, 11) is 0. The third-order valence-corrected chi connectivity index (χ3v) is 4.54. The minimum Gasteiger partial charge on any atom is -0.352 e. The maximum Gasteiger partial charge on any atom is 0.220 e. The number of amides is 1. The van der Waals surface area contributed by atoms with Crippen LogP contribution in [0.15, 0.2) is 12.1 Å². The van der Waals surface area contributed by atoms with Crippen molar-refractivity contribution in [3.8, 4) is 0 Å². The van der Waals surface area contributed by atoms with E-state index in [9.17, 15) is 9.18 Å². The molecular formula is C13H12ClFIN3O. The van der Waals surface area contributed by atoms with Crippen molar-refractivity contribution in [1.82, 2.24) is 14.9 Å². The molecule has 106 valence electrons. The molecule has 1 unspecified atom stereocenters. The fourth-order valence-corrected chi connectivity index (χ4v) is 3.17. The summed E-state index contributed by atoms with van der Waals surface area (Å²) in [5.74, 6) is 0.751. The van der Waals surface area contributed by atoms with Crippen molar-refractivity contribution in [3.05, 3.63) is 27.3 Å². The molecule has 4 nitrogen and oxygen atoms in total. The van der Waals surface area contributed by atoms with Gasteiger partial charge in [0.15, 0.2) is 0 Å². The number of fused-ring (bicyclic) bond motifs is 1. The summed E-state index contributed by atoms with van der Waals surface area (Å²) in [6.45, 7) is 0.574. The minimum atomic E-state index is -0.268. The van der Waals surface area contributed by atoms with Crippen molar-refractivity contribution < 1.29 is 9.18 Å². The molecule has 1 aromatic heterocycles. The van der Waals surface area contributed by atoms with E-state index >= 15 is 0 Å². The van der Waals surface area contributed by atoms with Crippen LogP contribution in [-0.4, -0.2) is 21.5 Å². The molecule has 1 saturated heterocycles. The quantitative estimate of drug-likeness (QED) is 0.628. The Labute approximate surface area is 133 Å². The van der Waals surface area contributed by atoms with Crippen molar-refractivity contribution in [2.45, 2.75) is 31.3 Å². The van der Waals surface area contributed by atoms with Crippen LogP contribution in [-0.2, 0) is 17.2 Å². The molecule has 1 aromatic carbocycles. The molecule has 0 spiro atoms. The van der Waals surface area contributed by atoms with Gasteiger partial charge in [-0.25, -0.2) is 9.37 Å². The Balaban J connectivity index is 2.03. The highest BCUT2D eigenvalue weighted by Gasteiger charge is 2.23. The minimum absolute atomic E-state index is 0.0594. The van der Waals surface area contributed by atoms with Gasteiger partial charge in [0.25, 0.3) is 0 Å². The topological polar surface area (TPSA) is 46.9 Å². The highest BCUT2D eigenvalue weighted by Crippen LogP contribution is 2.24. The number of hydrogen-bond acceptors (Lipinski definition) is 2. The number of imidazole rings is 1. The van der Waals surface area contributed by atoms with Crippen molar-refractivity contribution >= 4 is 51.1 Å². The van der Waals surface area contributed by atoms with E-state index in [2.05, 4.69) is 10.3 Å². The summed E-state index contributed by atoms with van der Waals surface area (Å²) in [4.78, 5) is 15.7. The maximum atomic E-state index is 13.8. The number of halogens is 3. The van der Waals surface area contributed by atoms with Crippen molar-refractivity contribution in [1.29, 1.82) is 0 Å². The van der Waals surface area contributed by atoms with Gasteiger partial charge >= 0.3 is 0 Å². The molecule has 2 heterocycles. The second-order valence-corrected chi connectivity index (χ2v) is 6.26. The number of nitrogens with one attached hydrogen (secondary N) is 1. The zero-order valence-electron chi connectivity index (χ0n) is 10.5. The van der Waals surface area contributed by atoms with E-state index in [-0.39, 0.29) is 23.6 Å². The molecule has 1 fully saturated rings. The van der Waals surface area contributed by atoms with Crippen molar-refractivity contribution in [2.24, 2.45) is 0 Å². The molecule has 1 aliphatic heterocycles. The lowest BCUT2D eigenvalue weighted by molar-refractivity contribution is -0.119. The lowest BCUT2D eigenvalue weighted by Gasteiger charge is -2.13. The van der Waals surface area contributed by atoms with E-state index in [4.69, 9.17) is 11.6 Å². The van der Waals surface area contributed by atoms with E-state index in [0.29, 0.717) is 22.4 Å². The first-order chi connectivity index (χ1) is 9.58. The van der Waals surface area contributed by atoms with Crippen LogP contribution in [0.2, 0.25) is 0 Å². The summed E-state index contributed by atoms with van der Waals surface area (Å²) in [6, 6.07) is 3.26. The largest absolute Gasteiger partial charge is 0.352 e. The first kappa shape index (κ1) is 14.1. The van der Waals surface area contributed by atoms with Crippen molar-refractivity contribution in [2.75, 3.05) is 0 Å². The predicted molar refractivity (Wildman–Crippen MR) is 83.1 cm³/mol. The first-order valence-electron chi connectivity index (χ1n) is 6.28. The SMILES string of the molecule is O=C1CCC(Cn2c(CCl)nc3cc(I)c(F)cc32)N1. The molecule has 1 atom stereocenters. The molecule has 0 radical (unpaired) electrons. The number of benzene rings is 1. The molecule has 2 aromatic rings. The average Bonchev–Trinajstić information content (AvgIpc) is 2.96. The van der Waals surface area contributed by atoms with E-state index in [0.717, 1.165) is 17.5 Å². The number of aromatic nitrogens is 2. The predicted octanol–water partition coefficient (Wildman–Crippen LogP) is 2.80. The Hall–Kier alpha value is -0.890. The molecule has 0 aliphatic carbocycles. The number of nitrogens with zero attached hydrogens (tertiary/aromatic N) is 2. The Morgan fingerprint density at radius 1 is 1.55 bits per heavy atom. The van der Waals surface area contributed by atoms with Gasteiger partial charge in [-0.3, -0.25) is 4.79 Å². The Kier molecular flexibility index (Phi) is 3.85. The molecular weight excluding hydrogens is 396 g/mol. The van der Waals surface area contributed by atoms with Gasteiger partial charge in [0, 0.05) is 25.1 Å². The molecule has 20 heavy (non-hydrogen) atoms. The fourth-order valence-electron chi connectivity index (χ4n) is 2.51. The van der Waals surface area contributed by atoms with Gasteiger partial charge in [0.05, 0.1) is 20.5 Å². The molecule has 1 N–H and O–H groups in total. The Morgan fingerprint density at radius 3 is 3.00 bits per heavy atom. The van der Waals surface area contributed by atoms with Gasteiger partial charge < -0.3 is 9.88 Å². The lowest BCUT2D eigenvalue weighted by atomic mass is 10.2.